The molecule has 0 aromatic heterocycles. The van der Waals surface area contributed by atoms with Gasteiger partial charge in [-0.05, 0) is 54.5 Å². The van der Waals surface area contributed by atoms with Crippen molar-refractivity contribution in [1.82, 2.24) is 0 Å². The third-order valence-corrected chi connectivity index (χ3v) is 4.58. The van der Waals surface area contributed by atoms with Gasteiger partial charge in [-0.3, -0.25) is 0 Å². The minimum atomic E-state index is 0. The molecule has 0 saturated heterocycles. The molecule has 0 N–H and O–H groups in total. The van der Waals surface area contributed by atoms with Crippen LogP contribution in [0.1, 0.15) is 25.7 Å². The Morgan fingerprint density at radius 2 is 0.909 bits per heavy atom. The van der Waals surface area contributed by atoms with Gasteiger partial charge in [0.1, 0.15) is 0 Å². The Morgan fingerprint density at radius 3 is 0.955 bits per heavy atom. The molecule has 0 spiro atoms. The molecule has 0 radical (unpaired) electrons. The summed E-state index contributed by atoms with van der Waals surface area (Å²) in [5.74, 6) is 5.59. The van der Waals surface area contributed by atoms with Gasteiger partial charge in [0.25, 0.3) is 0 Å². The zero-order valence-electron chi connectivity index (χ0n) is 14.8. The van der Waals surface area contributed by atoms with Gasteiger partial charge in [-0.15, -0.1) is 11.6 Å². The van der Waals surface area contributed by atoms with Gasteiger partial charge in [-0.1, -0.05) is 0 Å². The van der Waals surface area contributed by atoms with E-state index in [1.165, 1.54) is 23.0 Å². The summed E-state index contributed by atoms with van der Waals surface area (Å²) in [5, 5.41) is 0. The van der Waals surface area contributed by atoms with Crippen molar-refractivity contribution in [1.29, 1.82) is 0 Å². The smallest absolute Gasteiger partial charge is 0.343 e. The third kappa shape index (κ3) is 79.1. The standard InChI is InChI=1S/C4H9ClS.3C4H9S.Ir/c1-6-4-2-3-5;3*1-3-4-5-2;/h2-4H2,1H3;3*1,3-4H2,2H3;/q;3*-1;+3. The molecule has 0 fully saturated rings. The van der Waals surface area contributed by atoms with Gasteiger partial charge >= 0.3 is 20.1 Å². The van der Waals surface area contributed by atoms with E-state index in [-0.39, 0.29) is 20.1 Å². The maximum absolute atomic E-state index is 5.37. The first-order chi connectivity index (χ1) is 10.2. The number of thioether (sulfide) groups is 4. The normalized spacial score (nSPS) is 8.18. The first-order valence-corrected chi connectivity index (χ1v) is 13.2. The van der Waals surface area contributed by atoms with E-state index < -0.39 is 0 Å². The fourth-order valence-electron chi connectivity index (χ4n) is 0.632. The topological polar surface area (TPSA) is 0 Å². The van der Waals surface area contributed by atoms with Crippen molar-refractivity contribution in [3.63, 3.8) is 0 Å². The van der Waals surface area contributed by atoms with Crippen LogP contribution in [-0.2, 0) is 20.1 Å². The molecular formula is C16H36ClIrS4. The van der Waals surface area contributed by atoms with Crippen LogP contribution >= 0.6 is 58.6 Å². The van der Waals surface area contributed by atoms with Crippen molar-refractivity contribution >= 4 is 58.6 Å². The maximum Gasteiger partial charge on any atom is 3.00 e. The van der Waals surface area contributed by atoms with Gasteiger partial charge in [0.2, 0.25) is 0 Å². The Balaban J connectivity index is -0.0000000577. The molecule has 0 amide bonds. The molecule has 0 aliphatic heterocycles. The van der Waals surface area contributed by atoms with E-state index in [0.717, 1.165) is 31.6 Å². The molecule has 0 heterocycles. The average Bonchev–Trinajstić information content (AvgIpc) is 2.49. The molecule has 0 aromatic carbocycles. The van der Waals surface area contributed by atoms with Crippen LogP contribution in [-0.4, -0.2) is 53.9 Å². The van der Waals surface area contributed by atoms with Crippen molar-refractivity contribution in [3.8, 4) is 0 Å². The quantitative estimate of drug-likeness (QED) is 0.168. The van der Waals surface area contributed by atoms with E-state index in [2.05, 4.69) is 45.8 Å². The summed E-state index contributed by atoms with van der Waals surface area (Å²) in [6.45, 7) is 11.0. The van der Waals surface area contributed by atoms with Crippen LogP contribution in [0, 0.1) is 20.8 Å². The second kappa shape index (κ2) is 49.5. The fourth-order valence-corrected chi connectivity index (χ4v) is 2.22. The molecule has 0 bridgehead atoms. The Kier molecular flexibility index (Phi) is 79.8. The second-order valence-electron chi connectivity index (χ2n) is 3.57. The molecule has 0 unspecified atom stereocenters. The van der Waals surface area contributed by atoms with E-state index in [4.69, 9.17) is 11.6 Å². The zero-order valence-corrected chi connectivity index (χ0v) is 21.2. The predicted octanol–water partition coefficient (Wildman–Crippen LogP) is 6.70. The Morgan fingerprint density at radius 1 is 0.636 bits per heavy atom. The van der Waals surface area contributed by atoms with E-state index in [9.17, 15) is 0 Å². The molecule has 140 valence electrons. The molecular weight excluding hydrogens is 548 g/mol. The first kappa shape index (κ1) is 35.4. The van der Waals surface area contributed by atoms with E-state index in [0.29, 0.717) is 0 Å². The minimum absolute atomic E-state index is 0. The summed E-state index contributed by atoms with van der Waals surface area (Å²) < 4.78 is 0. The number of hydrogen-bond donors (Lipinski definition) is 0. The van der Waals surface area contributed by atoms with Crippen molar-refractivity contribution in [3.05, 3.63) is 20.8 Å². The van der Waals surface area contributed by atoms with Crippen LogP contribution in [0.15, 0.2) is 0 Å². The molecule has 0 aliphatic rings. The van der Waals surface area contributed by atoms with Gasteiger partial charge in [0.15, 0.2) is 0 Å². The second-order valence-corrected chi connectivity index (χ2v) is 7.89. The van der Waals surface area contributed by atoms with Crippen LogP contribution in [0.3, 0.4) is 0 Å². The molecule has 0 nitrogen and oxygen atoms in total. The molecule has 0 aliphatic carbocycles. The van der Waals surface area contributed by atoms with E-state index in [1.807, 2.05) is 47.0 Å². The van der Waals surface area contributed by atoms with Crippen molar-refractivity contribution in [2.75, 3.05) is 53.9 Å². The number of hydrogen-bond acceptors (Lipinski definition) is 4. The molecule has 0 rings (SSSR count). The molecule has 22 heavy (non-hydrogen) atoms. The van der Waals surface area contributed by atoms with Crippen LogP contribution in [0.5, 0.6) is 0 Å². The number of alkyl halides is 1. The summed E-state index contributed by atoms with van der Waals surface area (Å²) in [7, 11) is 0. The number of halogens is 1. The van der Waals surface area contributed by atoms with Gasteiger partial charge in [0.05, 0.1) is 0 Å². The summed E-state index contributed by atoms with van der Waals surface area (Å²) in [5.41, 5.74) is 0. The minimum Gasteiger partial charge on any atom is -0.343 e. The average molecular weight is 584 g/mol. The van der Waals surface area contributed by atoms with Crippen molar-refractivity contribution < 1.29 is 20.1 Å². The first-order valence-electron chi connectivity index (χ1n) is 7.05. The molecule has 0 aromatic rings. The van der Waals surface area contributed by atoms with E-state index in [1.54, 1.807) is 0 Å². The Hall–Kier alpha value is 2.34. The SMILES string of the molecule is CSCCCCl.[CH2-]CCSC.[CH2-]CCSC.[CH2-]CCSC.[Ir+3]. The van der Waals surface area contributed by atoms with Crippen LogP contribution < -0.4 is 0 Å². The largest absolute Gasteiger partial charge is 3.00 e. The van der Waals surface area contributed by atoms with Crippen LogP contribution in [0.2, 0.25) is 0 Å². The maximum atomic E-state index is 5.37. The Bertz CT molecular complexity index is 98.1. The van der Waals surface area contributed by atoms with Crippen LogP contribution in [0.25, 0.3) is 0 Å². The van der Waals surface area contributed by atoms with Crippen molar-refractivity contribution in [2.45, 2.75) is 25.7 Å². The summed E-state index contributed by atoms with van der Waals surface area (Å²) in [4.78, 5) is 0. The van der Waals surface area contributed by atoms with E-state index >= 15 is 0 Å². The summed E-state index contributed by atoms with van der Waals surface area (Å²) in [6.07, 6.45) is 12.7. The molecule has 0 atom stereocenters. The summed E-state index contributed by atoms with van der Waals surface area (Å²) in [6, 6.07) is 0. The summed E-state index contributed by atoms with van der Waals surface area (Å²) >= 11 is 12.7. The van der Waals surface area contributed by atoms with Gasteiger partial charge < -0.3 is 20.8 Å². The molecule has 6 heteroatoms. The monoisotopic (exact) mass is 584 g/mol. The predicted molar refractivity (Wildman–Crippen MR) is 119 cm³/mol. The van der Waals surface area contributed by atoms with Gasteiger partial charge in [-0.25, -0.2) is 0 Å². The zero-order chi connectivity index (χ0) is 17.2. The van der Waals surface area contributed by atoms with Crippen LogP contribution in [0.4, 0.5) is 0 Å². The number of rotatable bonds is 9. The van der Waals surface area contributed by atoms with Crippen molar-refractivity contribution in [2.24, 2.45) is 0 Å². The van der Waals surface area contributed by atoms with Gasteiger partial charge in [0, 0.05) is 5.88 Å². The molecule has 0 saturated carbocycles. The van der Waals surface area contributed by atoms with Gasteiger partial charge in [-0.2, -0.15) is 66.3 Å². The fraction of sp³-hybridized carbons (Fsp3) is 0.812. The third-order valence-electron chi connectivity index (χ3n) is 1.53. The Labute approximate surface area is 178 Å².